The lowest BCUT2D eigenvalue weighted by Gasteiger charge is -2.24. The molecule has 0 unspecified atom stereocenters. The maximum atomic E-state index is 13.5. The molecule has 9 heteroatoms. The zero-order valence-corrected chi connectivity index (χ0v) is 14.0. The number of anilines is 1. The van der Waals surface area contributed by atoms with Crippen LogP contribution in [0, 0.1) is 28.7 Å². The summed E-state index contributed by atoms with van der Waals surface area (Å²) in [5.41, 5.74) is -0.236. The number of nitrogens with zero attached hydrogens (tertiary/aromatic N) is 2. The molecule has 0 fully saturated rings. The largest absolute Gasteiger partial charge is 0.270 e. The number of sulfonamides is 1. The second-order valence-electron chi connectivity index (χ2n) is 5.13. The van der Waals surface area contributed by atoms with Crippen molar-refractivity contribution in [2.45, 2.75) is 11.8 Å². The molecular weight excluding hydrogens is 354 g/mol. The topological polar surface area (TPSA) is 80.5 Å². The maximum absolute atomic E-state index is 13.5. The highest BCUT2D eigenvalue weighted by Gasteiger charge is 2.28. The zero-order valence-electron chi connectivity index (χ0n) is 13.1. The van der Waals surface area contributed by atoms with E-state index in [1.807, 2.05) is 0 Å². The van der Waals surface area contributed by atoms with Gasteiger partial charge in [-0.25, -0.2) is 17.2 Å². The van der Waals surface area contributed by atoms with Crippen molar-refractivity contribution < 1.29 is 22.1 Å². The van der Waals surface area contributed by atoms with Crippen LogP contribution in [0.25, 0.3) is 0 Å². The van der Waals surface area contributed by atoms with Crippen molar-refractivity contribution in [2.24, 2.45) is 0 Å². The standard InChI is InChI=1S/C16H14F2N2O4S/c1-3-8-19(12-6-7-14(17)15(18)9-12)25(23,24)16-10-13(20(21)22)5-4-11(16)2/h3-7,9-10H,1,8H2,2H3. The third-order valence-electron chi connectivity index (χ3n) is 3.44. The van der Waals surface area contributed by atoms with E-state index in [4.69, 9.17) is 0 Å². The number of halogens is 2. The average Bonchev–Trinajstić information content (AvgIpc) is 2.55. The fraction of sp³-hybridized carbons (Fsp3) is 0.125. The highest BCUT2D eigenvalue weighted by atomic mass is 32.2. The Kier molecular flexibility index (Phi) is 5.17. The highest BCUT2D eigenvalue weighted by molar-refractivity contribution is 7.92. The van der Waals surface area contributed by atoms with E-state index in [9.17, 15) is 27.3 Å². The summed E-state index contributed by atoms with van der Waals surface area (Å²) in [5.74, 6) is -2.33. The summed E-state index contributed by atoms with van der Waals surface area (Å²) in [6.07, 6.45) is 1.27. The van der Waals surface area contributed by atoms with Gasteiger partial charge in [-0.15, -0.1) is 6.58 Å². The monoisotopic (exact) mass is 368 g/mol. The number of non-ortho nitro benzene ring substituents is 1. The molecule has 0 spiro atoms. The van der Waals surface area contributed by atoms with E-state index in [-0.39, 0.29) is 22.7 Å². The molecular formula is C16H14F2N2O4S. The van der Waals surface area contributed by atoms with E-state index in [0.717, 1.165) is 28.6 Å². The summed E-state index contributed by atoms with van der Waals surface area (Å²) in [7, 11) is -4.26. The lowest BCUT2D eigenvalue weighted by atomic mass is 10.2. The summed E-state index contributed by atoms with van der Waals surface area (Å²) in [6, 6.07) is 6.07. The molecule has 0 saturated carbocycles. The fourth-order valence-electron chi connectivity index (χ4n) is 2.20. The quantitative estimate of drug-likeness (QED) is 0.444. The molecule has 0 radical (unpaired) electrons. The van der Waals surface area contributed by atoms with Crippen molar-refractivity contribution in [3.8, 4) is 0 Å². The van der Waals surface area contributed by atoms with Crippen LogP contribution in [0.15, 0.2) is 53.9 Å². The van der Waals surface area contributed by atoms with Crippen LogP contribution in [-0.2, 0) is 10.0 Å². The molecule has 0 amide bonds. The Balaban J connectivity index is 2.64. The molecule has 2 rings (SSSR count). The molecule has 0 aliphatic rings. The van der Waals surface area contributed by atoms with Crippen LogP contribution in [0.1, 0.15) is 5.56 Å². The van der Waals surface area contributed by atoms with E-state index in [1.54, 1.807) is 0 Å². The van der Waals surface area contributed by atoms with E-state index >= 15 is 0 Å². The first-order valence-electron chi connectivity index (χ1n) is 7.02. The smallest absolute Gasteiger partial charge is 0.262 e. The predicted octanol–water partition coefficient (Wildman–Crippen LogP) is 3.56. The first-order valence-corrected chi connectivity index (χ1v) is 8.46. The van der Waals surface area contributed by atoms with Crippen molar-refractivity contribution >= 4 is 21.4 Å². The molecule has 132 valence electrons. The third kappa shape index (κ3) is 3.66. The first kappa shape index (κ1) is 18.5. The predicted molar refractivity (Wildman–Crippen MR) is 88.9 cm³/mol. The third-order valence-corrected chi connectivity index (χ3v) is 5.37. The van der Waals surface area contributed by atoms with E-state index in [0.29, 0.717) is 0 Å². The molecule has 0 atom stereocenters. The fourth-order valence-corrected chi connectivity index (χ4v) is 3.87. The number of benzene rings is 2. The average molecular weight is 368 g/mol. The van der Waals surface area contributed by atoms with Crippen LogP contribution in [0.4, 0.5) is 20.2 Å². The van der Waals surface area contributed by atoms with Gasteiger partial charge in [0, 0.05) is 18.2 Å². The molecule has 2 aromatic rings. The lowest BCUT2D eigenvalue weighted by molar-refractivity contribution is -0.385. The van der Waals surface area contributed by atoms with Crippen LogP contribution in [0.2, 0.25) is 0 Å². The van der Waals surface area contributed by atoms with E-state index in [2.05, 4.69) is 6.58 Å². The molecule has 0 aliphatic carbocycles. The van der Waals surface area contributed by atoms with Crippen LogP contribution >= 0.6 is 0 Å². The van der Waals surface area contributed by atoms with Gasteiger partial charge in [0.2, 0.25) is 0 Å². The summed E-state index contributed by atoms with van der Waals surface area (Å²) in [6.45, 7) is 4.71. The van der Waals surface area contributed by atoms with Gasteiger partial charge >= 0.3 is 0 Å². The minimum Gasteiger partial charge on any atom is -0.262 e. The van der Waals surface area contributed by atoms with Crippen molar-refractivity contribution in [3.63, 3.8) is 0 Å². The first-order chi connectivity index (χ1) is 11.7. The minimum atomic E-state index is -4.26. The van der Waals surface area contributed by atoms with Gasteiger partial charge < -0.3 is 0 Å². The van der Waals surface area contributed by atoms with Crippen LogP contribution < -0.4 is 4.31 Å². The van der Waals surface area contributed by atoms with Crippen molar-refractivity contribution in [1.29, 1.82) is 0 Å². The van der Waals surface area contributed by atoms with Gasteiger partial charge in [0.25, 0.3) is 15.7 Å². The number of aryl methyl sites for hydroxylation is 1. The Morgan fingerprint density at radius 1 is 1.20 bits per heavy atom. The zero-order chi connectivity index (χ0) is 18.8. The number of hydrogen-bond acceptors (Lipinski definition) is 4. The summed E-state index contributed by atoms with van der Waals surface area (Å²) < 4.78 is 53.4. The minimum absolute atomic E-state index is 0.121. The van der Waals surface area contributed by atoms with Gasteiger partial charge in [0.1, 0.15) is 0 Å². The van der Waals surface area contributed by atoms with Gasteiger partial charge in [-0.05, 0) is 24.6 Å². The summed E-state index contributed by atoms with van der Waals surface area (Å²) >= 11 is 0. The second kappa shape index (κ2) is 6.98. The molecule has 0 bridgehead atoms. The Bertz CT molecular complexity index is 945. The van der Waals surface area contributed by atoms with Gasteiger partial charge in [0.15, 0.2) is 11.6 Å². The Hall–Kier alpha value is -2.81. The number of nitro groups is 1. The molecule has 0 aromatic heterocycles. The van der Waals surface area contributed by atoms with Crippen LogP contribution in [0.5, 0.6) is 0 Å². The Morgan fingerprint density at radius 3 is 2.44 bits per heavy atom. The van der Waals surface area contributed by atoms with Gasteiger partial charge in [0.05, 0.1) is 22.1 Å². The number of nitro benzene ring substituents is 1. The molecule has 2 aromatic carbocycles. The van der Waals surface area contributed by atoms with E-state index < -0.39 is 32.3 Å². The maximum Gasteiger partial charge on any atom is 0.270 e. The Morgan fingerprint density at radius 2 is 1.88 bits per heavy atom. The van der Waals surface area contributed by atoms with Crippen molar-refractivity contribution in [1.82, 2.24) is 0 Å². The van der Waals surface area contributed by atoms with Crippen molar-refractivity contribution in [3.05, 3.63) is 76.4 Å². The highest BCUT2D eigenvalue weighted by Crippen LogP contribution is 2.29. The molecule has 0 aliphatic heterocycles. The van der Waals surface area contributed by atoms with Crippen LogP contribution in [-0.4, -0.2) is 19.9 Å². The number of rotatable bonds is 6. The normalized spacial score (nSPS) is 11.2. The Labute approximate surface area is 143 Å². The molecule has 6 nitrogen and oxygen atoms in total. The van der Waals surface area contributed by atoms with Crippen molar-refractivity contribution in [2.75, 3.05) is 10.8 Å². The second-order valence-corrected chi connectivity index (χ2v) is 6.96. The lowest BCUT2D eigenvalue weighted by Crippen LogP contribution is -2.31. The summed E-state index contributed by atoms with van der Waals surface area (Å²) in [5, 5.41) is 10.9. The van der Waals surface area contributed by atoms with Gasteiger partial charge in [-0.2, -0.15) is 0 Å². The molecule has 0 N–H and O–H groups in total. The summed E-state index contributed by atoms with van der Waals surface area (Å²) in [4.78, 5) is 9.92. The molecule has 0 saturated heterocycles. The number of hydrogen-bond donors (Lipinski definition) is 0. The molecule has 0 heterocycles. The van der Waals surface area contributed by atoms with Crippen LogP contribution in [0.3, 0.4) is 0 Å². The van der Waals surface area contributed by atoms with Gasteiger partial charge in [-0.1, -0.05) is 12.1 Å². The molecule has 25 heavy (non-hydrogen) atoms. The van der Waals surface area contributed by atoms with E-state index in [1.165, 1.54) is 25.1 Å². The van der Waals surface area contributed by atoms with Gasteiger partial charge in [-0.3, -0.25) is 14.4 Å². The SMILES string of the molecule is C=CCN(c1ccc(F)c(F)c1)S(=O)(=O)c1cc([N+](=O)[O-])ccc1C.